The predicted molar refractivity (Wildman–Crippen MR) is 133 cm³/mol. The standard InChI is InChI=1S/C27H37FN4O3/c1-19(2)32-18-12-24(29-35)23-11-17-31(25(23)27(32)34)14-4-3-13-30-15-9-21(10-16-30)26(33)20-5-7-22(28)8-6-20/h5-8,11,17,19,21,23,25,35H,3-4,9-10,12-16,18H2,1-2H3/b29-24-. The third-order valence-corrected chi connectivity index (χ3v) is 7.69. The molecule has 2 atom stereocenters. The van der Waals surface area contributed by atoms with Gasteiger partial charge >= 0.3 is 0 Å². The minimum Gasteiger partial charge on any atom is -0.411 e. The summed E-state index contributed by atoms with van der Waals surface area (Å²) in [5.41, 5.74) is 1.28. The first kappa shape index (κ1) is 25.4. The maximum Gasteiger partial charge on any atom is 0.246 e. The van der Waals surface area contributed by atoms with E-state index in [1.807, 2.05) is 31.0 Å². The quantitative estimate of drug-likeness (QED) is 0.263. The molecule has 190 valence electrons. The highest BCUT2D eigenvalue weighted by atomic mass is 19.1. The summed E-state index contributed by atoms with van der Waals surface area (Å²) in [4.78, 5) is 32.4. The first-order valence-electron chi connectivity index (χ1n) is 12.9. The van der Waals surface area contributed by atoms with Crippen LogP contribution in [0.3, 0.4) is 0 Å². The van der Waals surface area contributed by atoms with E-state index in [-0.39, 0.29) is 41.4 Å². The molecule has 0 spiro atoms. The van der Waals surface area contributed by atoms with Gasteiger partial charge < -0.3 is 19.9 Å². The van der Waals surface area contributed by atoms with Crippen LogP contribution in [0.1, 0.15) is 56.3 Å². The van der Waals surface area contributed by atoms with Gasteiger partial charge in [-0.2, -0.15) is 0 Å². The zero-order valence-electron chi connectivity index (χ0n) is 20.8. The van der Waals surface area contributed by atoms with Crippen molar-refractivity contribution in [3.63, 3.8) is 0 Å². The van der Waals surface area contributed by atoms with Crippen LogP contribution in [0.15, 0.2) is 41.7 Å². The molecule has 0 saturated carbocycles. The van der Waals surface area contributed by atoms with Crippen molar-refractivity contribution in [1.29, 1.82) is 0 Å². The van der Waals surface area contributed by atoms with Crippen molar-refractivity contribution in [2.75, 3.05) is 32.7 Å². The fourth-order valence-electron chi connectivity index (χ4n) is 5.62. The van der Waals surface area contributed by atoms with Gasteiger partial charge in [0, 0.05) is 43.0 Å². The van der Waals surface area contributed by atoms with E-state index in [9.17, 15) is 19.2 Å². The first-order chi connectivity index (χ1) is 16.9. The Kier molecular flexibility index (Phi) is 8.21. The molecule has 8 heteroatoms. The van der Waals surface area contributed by atoms with Gasteiger partial charge in [-0.1, -0.05) is 11.2 Å². The van der Waals surface area contributed by atoms with Gasteiger partial charge in [-0.3, -0.25) is 9.59 Å². The number of rotatable bonds is 8. The second kappa shape index (κ2) is 11.3. The SMILES string of the molecule is CC(C)N1CC/C(=N/O)C2C=CN(CCCCN3CCC(C(=O)c4ccc(F)cc4)CC3)C2C1=O. The number of unbranched alkanes of at least 4 members (excludes halogenated alkanes) is 1. The predicted octanol–water partition coefficient (Wildman–Crippen LogP) is 3.79. The molecule has 2 unspecified atom stereocenters. The minimum absolute atomic E-state index is 0.0101. The second-order valence-corrected chi connectivity index (χ2v) is 10.2. The van der Waals surface area contributed by atoms with Crippen molar-refractivity contribution in [3.8, 4) is 0 Å². The normalized spacial score (nSPS) is 24.9. The number of amides is 1. The van der Waals surface area contributed by atoms with Gasteiger partial charge in [0.05, 0.1) is 5.71 Å². The molecule has 3 heterocycles. The summed E-state index contributed by atoms with van der Waals surface area (Å²) in [5.74, 6) is -0.236. The maximum absolute atomic E-state index is 13.3. The minimum atomic E-state index is -0.320. The number of carbonyl (C=O) groups is 2. The Balaban J connectivity index is 1.23. The van der Waals surface area contributed by atoms with E-state index >= 15 is 0 Å². The number of fused-ring (bicyclic) bond motifs is 1. The molecule has 0 radical (unpaired) electrons. The highest BCUT2D eigenvalue weighted by molar-refractivity contribution is 5.98. The van der Waals surface area contributed by atoms with Gasteiger partial charge in [0.2, 0.25) is 5.91 Å². The number of halogens is 1. The molecule has 3 aliphatic heterocycles. The summed E-state index contributed by atoms with van der Waals surface area (Å²) < 4.78 is 13.1. The maximum atomic E-state index is 13.3. The van der Waals surface area contributed by atoms with Crippen molar-refractivity contribution in [1.82, 2.24) is 14.7 Å². The second-order valence-electron chi connectivity index (χ2n) is 10.2. The van der Waals surface area contributed by atoms with Crippen LogP contribution in [-0.4, -0.2) is 82.1 Å². The first-order valence-corrected chi connectivity index (χ1v) is 12.9. The molecule has 1 amide bonds. The van der Waals surface area contributed by atoms with Crippen molar-refractivity contribution >= 4 is 17.4 Å². The topological polar surface area (TPSA) is 76.5 Å². The number of Topliss-reactive ketones (excluding diaryl/α,β-unsaturated/α-hetero) is 1. The molecular formula is C27H37FN4O3. The molecule has 1 aromatic carbocycles. The van der Waals surface area contributed by atoms with Crippen LogP contribution in [0.5, 0.6) is 0 Å². The Hall–Kier alpha value is -2.74. The van der Waals surface area contributed by atoms with E-state index in [0.29, 0.717) is 24.2 Å². The monoisotopic (exact) mass is 484 g/mol. The molecule has 2 saturated heterocycles. The van der Waals surface area contributed by atoms with E-state index in [4.69, 9.17) is 0 Å². The average molecular weight is 485 g/mol. The lowest BCUT2D eigenvalue weighted by Crippen LogP contribution is -2.49. The van der Waals surface area contributed by atoms with Crippen LogP contribution >= 0.6 is 0 Å². The van der Waals surface area contributed by atoms with Gasteiger partial charge in [-0.15, -0.1) is 0 Å². The summed E-state index contributed by atoms with van der Waals surface area (Å²) >= 11 is 0. The smallest absolute Gasteiger partial charge is 0.246 e. The van der Waals surface area contributed by atoms with Gasteiger partial charge in [0.1, 0.15) is 11.9 Å². The molecule has 0 aliphatic carbocycles. The molecule has 1 N–H and O–H groups in total. The highest BCUT2D eigenvalue weighted by Crippen LogP contribution is 2.30. The Labute approximate surface area is 207 Å². The number of hydrogen-bond donors (Lipinski definition) is 1. The Bertz CT molecular complexity index is 954. The van der Waals surface area contributed by atoms with E-state index < -0.39 is 0 Å². The van der Waals surface area contributed by atoms with Crippen molar-refractivity contribution in [2.24, 2.45) is 17.0 Å². The molecule has 1 aromatic rings. The molecule has 35 heavy (non-hydrogen) atoms. The summed E-state index contributed by atoms with van der Waals surface area (Å²) in [6.07, 6.45) is 8.23. The van der Waals surface area contributed by atoms with Crippen molar-refractivity contribution < 1.29 is 19.2 Å². The average Bonchev–Trinajstić information content (AvgIpc) is 3.21. The number of ketones is 1. The molecule has 2 fully saturated rings. The number of oxime groups is 1. The molecule has 0 bridgehead atoms. The zero-order chi connectivity index (χ0) is 24.9. The lowest BCUT2D eigenvalue weighted by atomic mass is 9.89. The lowest BCUT2D eigenvalue weighted by Gasteiger charge is -2.33. The number of carbonyl (C=O) groups excluding carboxylic acids is 2. The van der Waals surface area contributed by atoms with Crippen LogP contribution in [0.25, 0.3) is 0 Å². The van der Waals surface area contributed by atoms with Gasteiger partial charge in [-0.25, -0.2) is 4.39 Å². The molecule has 4 rings (SSSR count). The number of piperidine rings is 1. The number of nitrogens with zero attached hydrogens (tertiary/aromatic N) is 4. The highest BCUT2D eigenvalue weighted by Gasteiger charge is 2.43. The molecule has 0 aromatic heterocycles. The number of hydrogen-bond acceptors (Lipinski definition) is 6. The fraction of sp³-hybridized carbons (Fsp3) is 0.593. The van der Waals surface area contributed by atoms with Crippen LogP contribution < -0.4 is 0 Å². The van der Waals surface area contributed by atoms with Crippen LogP contribution in [0.4, 0.5) is 4.39 Å². The van der Waals surface area contributed by atoms with Crippen molar-refractivity contribution in [3.05, 3.63) is 47.9 Å². The Morgan fingerprint density at radius 2 is 1.80 bits per heavy atom. The molecule has 7 nitrogen and oxygen atoms in total. The van der Waals surface area contributed by atoms with Crippen molar-refractivity contribution in [2.45, 2.75) is 58.0 Å². The van der Waals surface area contributed by atoms with E-state index in [1.54, 1.807) is 12.1 Å². The summed E-state index contributed by atoms with van der Waals surface area (Å²) in [7, 11) is 0. The number of benzene rings is 1. The lowest BCUT2D eigenvalue weighted by molar-refractivity contribution is -0.137. The van der Waals surface area contributed by atoms with Gasteiger partial charge in [0.15, 0.2) is 5.78 Å². The summed E-state index contributed by atoms with van der Waals surface area (Å²) in [6.45, 7) is 8.18. The molecular weight excluding hydrogens is 447 g/mol. The van der Waals surface area contributed by atoms with Crippen LogP contribution in [0, 0.1) is 17.7 Å². The zero-order valence-corrected chi connectivity index (χ0v) is 20.8. The van der Waals surface area contributed by atoms with Gasteiger partial charge in [0.25, 0.3) is 0 Å². The van der Waals surface area contributed by atoms with E-state index in [2.05, 4.69) is 15.0 Å². The van der Waals surface area contributed by atoms with Crippen LogP contribution in [0.2, 0.25) is 0 Å². The largest absolute Gasteiger partial charge is 0.411 e. The van der Waals surface area contributed by atoms with Crippen LogP contribution in [-0.2, 0) is 4.79 Å². The third-order valence-electron chi connectivity index (χ3n) is 7.69. The third kappa shape index (κ3) is 5.74. The number of likely N-dealkylation sites (tertiary alicyclic amines) is 2. The fourth-order valence-corrected chi connectivity index (χ4v) is 5.62. The summed E-state index contributed by atoms with van der Waals surface area (Å²) in [5, 5.41) is 13.0. The summed E-state index contributed by atoms with van der Waals surface area (Å²) in [6, 6.07) is 5.65. The van der Waals surface area contributed by atoms with Gasteiger partial charge in [-0.05, 0) is 89.6 Å². The van der Waals surface area contributed by atoms with E-state index in [1.165, 1.54) is 12.1 Å². The Morgan fingerprint density at radius 3 is 2.46 bits per heavy atom. The Morgan fingerprint density at radius 1 is 1.11 bits per heavy atom. The molecule has 3 aliphatic rings. The van der Waals surface area contributed by atoms with E-state index in [0.717, 1.165) is 51.9 Å².